The predicted octanol–water partition coefficient (Wildman–Crippen LogP) is 1.82. The second kappa shape index (κ2) is 3.54. The summed E-state index contributed by atoms with van der Waals surface area (Å²) in [4.78, 5) is 0. The molecule has 2 aromatic rings. The molecule has 0 atom stereocenters. The van der Waals surface area contributed by atoms with E-state index >= 15 is 0 Å². The van der Waals surface area contributed by atoms with Crippen molar-refractivity contribution in [3.05, 3.63) is 47.8 Å². The second-order valence-corrected chi connectivity index (χ2v) is 3.35. The van der Waals surface area contributed by atoms with Crippen LogP contribution in [-0.4, -0.2) is 9.78 Å². The number of benzene rings is 1. The summed E-state index contributed by atoms with van der Waals surface area (Å²) >= 11 is 0. The molecule has 1 aromatic carbocycles. The first-order valence-electron chi connectivity index (χ1n) is 4.59. The smallest absolute Gasteiger partial charge is 0.0679 e. The van der Waals surface area contributed by atoms with Crippen molar-refractivity contribution in [1.82, 2.24) is 9.78 Å². The number of nitrogen functional groups attached to an aromatic ring is 1. The minimum atomic E-state index is 0.737. The van der Waals surface area contributed by atoms with Crippen LogP contribution in [0, 0.1) is 6.92 Å². The molecule has 3 nitrogen and oxygen atoms in total. The summed E-state index contributed by atoms with van der Waals surface area (Å²) in [7, 11) is 0. The zero-order valence-corrected chi connectivity index (χ0v) is 8.14. The highest BCUT2D eigenvalue weighted by atomic mass is 15.3. The topological polar surface area (TPSA) is 43.8 Å². The summed E-state index contributed by atoms with van der Waals surface area (Å²) in [6.45, 7) is 2.71. The Kier molecular flexibility index (Phi) is 2.23. The van der Waals surface area contributed by atoms with Crippen molar-refractivity contribution >= 4 is 5.69 Å². The molecule has 1 aromatic heterocycles. The standard InChI is InChI=1S/C11H13N3/c1-9-6-7-14(13-9)8-10-4-2-3-5-11(10)12/h2-7H,8,12H2,1H3. The Labute approximate surface area is 83.2 Å². The highest BCUT2D eigenvalue weighted by Crippen LogP contribution is 2.11. The van der Waals surface area contributed by atoms with Crippen molar-refractivity contribution in [2.75, 3.05) is 5.73 Å². The number of rotatable bonds is 2. The van der Waals surface area contributed by atoms with E-state index in [1.165, 1.54) is 0 Å². The summed E-state index contributed by atoms with van der Waals surface area (Å²) in [5, 5.41) is 4.31. The summed E-state index contributed by atoms with van der Waals surface area (Å²) < 4.78 is 1.89. The zero-order chi connectivity index (χ0) is 9.97. The minimum absolute atomic E-state index is 0.737. The zero-order valence-electron chi connectivity index (χ0n) is 8.14. The SMILES string of the molecule is Cc1ccn(Cc2ccccc2N)n1. The summed E-state index contributed by atoms with van der Waals surface area (Å²) in [6, 6.07) is 9.84. The first kappa shape index (κ1) is 8.81. The molecule has 2 N–H and O–H groups in total. The minimum Gasteiger partial charge on any atom is -0.398 e. The highest BCUT2D eigenvalue weighted by Gasteiger charge is 1.99. The molecule has 0 radical (unpaired) electrons. The van der Waals surface area contributed by atoms with Gasteiger partial charge in [-0.15, -0.1) is 0 Å². The normalized spacial score (nSPS) is 10.4. The van der Waals surface area contributed by atoms with Crippen molar-refractivity contribution in [3.8, 4) is 0 Å². The molecule has 72 valence electrons. The predicted molar refractivity (Wildman–Crippen MR) is 56.9 cm³/mol. The molecular formula is C11H13N3. The van der Waals surface area contributed by atoms with Crippen LogP contribution in [0.1, 0.15) is 11.3 Å². The van der Waals surface area contributed by atoms with Crippen LogP contribution in [0.15, 0.2) is 36.5 Å². The van der Waals surface area contributed by atoms with Crippen LogP contribution in [0.4, 0.5) is 5.69 Å². The van der Waals surface area contributed by atoms with Crippen molar-refractivity contribution in [2.24, 2.45) is 0 Å². The molecule has 0 unspecified atom stereocenters. The fraction of sp³-hybridized carbons (Fsp3) is 0.182. The third-order valence-electron chi connectivity index (χ3n) is 2.16. The van der Waals surface area contributed by atoms with Gasteiger partial charge in [0.05, 0.1) is 12.2 Å². The summed E-state index contributed by atoms with van der Waals surface area (Å²) in [5.74, 6) is 0. The van der Waals surface area contributed by atoms with Crippen LogP contribution in [0.5, 0.6) is 0 Å². The molecule has 14 heavy (non-hydrogen) atoms. The number of hydrogen-bond donors (Lipinski definition) is 1. The molecule has 0 aliphatic heterocycles. The number of nitrogens with zero attached hydrogens (tertiary/aromatic N) is 2. The molecule has 2 rings (SSSR count). The molecule has 0 saturated heterocycles. The van der Waals surface area contributed by atoms with Gasteiger partial charge in [-0.05, 0) is 24.6 Å². The van der Waals surface area contributed by atoms with Crippen LogP contribution < -0.4 is 5.73 Å². The highest BCUT2D eigenvalue weighted by molar-refractivity contribution is 5.46. The van der Waals surface area contributed by atoms with Crippen LogP contribution in [0.2, 0.25) is 0 Å². The maximum atomic E-state index is 5.83. The maximum absolute atomic E-state index is 5.83. The van der Waals surface area contributed by atoms with Gasteiger partial charge in [-0.3, -0.25) is 4.68 Å². The average molecular weight is 187 g/mol. The lowest BCUT2D eigenvalue weighted by molar-refractivity contribution is 0.681. The fourth-order valence-corrected chi connectivity index (χ4v) is 1.40. The number of nitrogens with two attached hydrogens (primary N) is 1. The van der Waals surface area contributed by atoms with Gasteiger partial charge in [-0.1, -0.05) is 18.2 Å². The third-order valence-corrected chi connectivity index (χ3v) is 2.16. The first-order chi connectivity index (χ1) is 6.75. The maximum Gasteiger partial charge on any atom is 0.0679 e. The Balaban J connectivity index is 2.23. The van der Waals surface area contributed by atoms with Gasteiger partial charge in [0.25, 0.3) is 0 Å². The van der Waals surface area contributed by atoms with Crippen LogP contribution >= 0.6 is 0 Å². The molecule has 0 aliphatic rings. The van der Waals surface area contributed by atoms with E-state index < -0.39 is 0 Å². The van der Waals surface area contributed by atoms with Gasteiger partial charge in [0.15, 0.2) is 0 Å². The molecule has 0 saturated carbocycles. The molecule has 0 aliphatic carbocycles. The molecule has 0 bridgehead atoms. The Hall–Kier alpha value is -1.77. The lowest BCUT2D eigenvalue weighted by Crippen LogP contribution is -2.03. The van der Waals surface area contributed by atoms with Gasteiger partial charge >= 0.3 is 0 Å². The Bertz CT molecular complexity index is 432. The van der Waals surface area contributed by atoms with Crippen LogP contribution in [0.25, 0.3) is 0 Å². The van der Waals surface area contributed by atoms with Gasteiger partial charge < -0.3 is 5.73 Å². The summed E-state index contributed by atoms with van der Waals surface area (Å²) in [5.41, 5.74) is 8.79. The van der Waals surface area contributed by atoms with E-state index in [4.69, 9.17) is 5.73 Å². The monoisotopic (exact) mass is 187 g/mol. The van der Waals surface area contributed by atoms with E-state index in [1.807, 2.05) is 48.1 Å². The molecular weight excluding hydrogens is 174 g/mol. The van der Waals surface area contributed by atoms with Crippen molar-refractivity contribution in [3.63, 3.8) is 0 Å². The van der Waals surface area contributed by atoms with Gasteiger partial charge in [0, 0.05) is 11.9 Å². The van der Waals surface area contributed by atoms with Gasteiger partial charge in [0.2, 0.25) is 0 Å². The third kappa shape index (κ3) is 1.76. The summed E-state index contributed by atoms with van der Waals surface area (Å²) in [6.07, 6.45) is 1.96. The van der Waals surface area contributed by atoms with Gasteiger partial charge in [-0.25, -0.2) is 0 Å². The van der Waals surface area contributed by atoms with E-state index in [0.29, 0.717) is 0 Å². The van der Waals surface area contributed by atoms with E-state index in [0.717, 1.165) is 23.5 Å². The molecule has 1 heterocycles. The van der Waals surface area contributed by atoms with E-state index in [-0.39, 0.29) is 0 Å². The molecule has 0 amide bonds. The number of para-hydroxylation sites is 1. The van der Waals surface area contributed by atoms with Crippen LogP contribution in [0.3, 0.4) is 0 Å². The first-order valence-corrected chi connectivity index (χ1v) is 4.59. The lowest BCUT2D eigenvalue weighted by Gasteiger charge is -2.04. The van der Waals surface area contributed by atoms with Gasteiger partial charge in [0.1, 0.15) is 0 Å². The average Bonchev–Trinajstić information content (AvgIpc) is 2.56. The Morgan fingerprint density at radius 3 is 2.71 bits per heavy atom. The number of aromatic nitrogens is 2. The largest absolute Gasteiger partial charge is 0.398 e. The number of aryl methyl sites for hydroxylation is 1. The van der Waals surface area contributed by atoms with Crippen LogP contribution in [-0.2, 0) is 6.54 Å². The van der Waals surface area contributed by atoms with Crippen molar-refractivity contribution < 1.29 is 0 Å². The second-order valence-electron chi connectivity index (χ2n) is 3.35. The van der Waals surface area contributed by atoms with E-state index in [1.54, 1.807) is 0 Å². The fourth-order valence-electron chi connectivity index (χ4n) is 1.40. The molecule has 0 fully saturated rings. The van der Waals surface area contributed by atoms with Crippen molar-refractivity contribution in [2.45, 2.75) is 13.5 Å². The molecule has 3 heteroatoms. The van der Waals surface area contributed by atoms with Crippen molar-refractivity contribution in [1.29, 1.82) is 0 Å². The Morgan fingerprint density at radius 2 is 2.07 bits per heavy atom. The lowest BCUT2D eigenvalue weighted by atomic mass is 10.2. The molecule has 0 spiro atoms. The van der Waals surface area contributed by atoms with Gasteiger partial charge in [-0.2, -0.15) is 5.10 Å². The Morgan fingerprint density at radius 1 is 1.29 bits per heavy atom. The number of hydrogen-bond acceptors (Lipinski definition) is 2. The van der Waals surface area contributed by atoms with E-state index in [2.05, 4.69) is 5.10 Å². The quantitative estimate of drug-likeness (QED) is 0.729. The number of anilines is 1. The van der Waals surface area contributed by atoms with E-state index in [9.17, 15) is 0 Å².